The number of unbranched alkanes of at least 4 members (excludes halogenated alkanes) is 2. The van der Waals surface area contributed by atoms with Gasteiger partial charge in [0.05, 0.1) is 4.90 Å². The van der Waals surface area contributed by atoms with Gasteiger partial charge in [-0.3, -0.25) is 4.79 Å². The first-order valence-corrected chi connectivity index (χ1v) is 8.37. The molecule has 1 aromatic rings. The Hall–Kier alpha value is -0.400. The summed E-state index contributed by atoms with van der Waals surface area (Å²) in [7, 11) is -4.25. The molecule has 22 heavy (non-hydrogen) atoms. The summed E-state index contributed by atoms with van der Waals surface area (Å²) in [6.45, 7) is 4.38. The number of aliphatic carboxylic acids is 1. The molecule has 0 heterocycles. The first kappa shape index (κ1) is 23.9. The summed E-state index contributed by atoms with van der Waals surface area (Å²) >= 11 is 0. The van der Waals surface area contributed by atoms with E-state index >= 15 is 0 Å². The second kappa shape index (κ2) is 13.1. The van der Waals surface area contributed by atoms with Crippen molar-refractivity contribution in [2.75, 3.05) is 0 Å². The number of hydrogen-bond donors (Lipinski definition) is 1. The van der Waals surface area contributed by atoms with Gasteiger partial charge < -0.3 is 9.66 Å². The van der Waals surface area contributed by atoms with Gasteiger partial charge >= 0.3 is 35.5 Å². The first-order valence-electron chi connectivity index (χ1n) is 6.96. The van der Waals surface area contributed by atoms with E-state index in [2.05, 4.69) is 13.8 Å². The van der Waals surface area contributed by atoms with Gasteiger partial charge in [0.1, 0.15) is 10.1 Å². The maximum absolute atomic E-state index is 10.3. The number of carboxylic acid groups (broad SMARTS) is 1. The molecule has 0 spiro atoms. The molecule has 0 aliphatic carbocycles. The quantitative estimate of drug-likeness (QED) is 0.437. The van der Waals surface area contributed by atoms with Crippen molar-refractivity contribution in [2.24, 2.45) is 5.92 Å². The van der Waals surface area contributed by atoms with Crippen LogP contribution in [0.3, 0.4) is 0 Å². The second-order valence-corrected chi connectivity index (χ2v) is 6.53. The van der Waals surface area contributed by atoms with Crippen molar-refractivity contribution in [3.8, 4) is 0 Å². The van der Waals surface area contributed by atoms with Crippen molar-refractivity contribution < 1.29 is 52.4 Å². The van der Waals surface area contributed by atoms with Gasteiger partial charge in [0.15, 0.2) is 0 Å². The summed E-state index contributed by atoms with van der Waals surface area (Å²) in [6.07, 6.45) is 4.62. The molecule has 0 aromatic heterocycles. The third kappa shape index (κ3) is 14.5. The first-order chi connectivity index (χ1) is 9.73. The summed E-state index contributed by atoms with van der Waals surface area (Å²) in [6, 6.07) is 7.19. The molecule has 0 fully saturated rings. The Bertz CT molecular complexity index is 500. The number of hydrogen-bond acceptors (Lipinski definition) is 4. The molecule has 0 saturated heterocycles. The van der Waals surface area contributed by atoms with E-state index in [0.29, 0.717) is 6.42 Å². The van der Waals surface area contributed by atoms with E-state index in [1.807, 2.05) is 0 Å². The van der Waals surface area contributed by atoms with Crippen molar-refractivity contribution in [1.82, 2.24) is 0 Å². The molecule has 0 unspecified atom stereocenters. The Morgan fingerprint density at radius 2 is 1.68 bits per heavy atom. The van der Waals surface area contributed by atoms with Crippen LogP contribution in [-0.2, 0) is 14.9 Å². The fourth-order valence-electron chi connectivity index (χ4n) is 1.59. The molecule has 0 bridgehead atoms. The Balaban J connectivity index is 0. The Kier molecular flexibility index (Phi) is 14.2. The largest absolute Gasteiger partial charge is 1.00 e. The van der Waals surface area contributed by atoms with Gasteiger partial charge in [0, 0.05) is 6.42 Å². The van der Waals surface area contributed by atoms with Crippen LogP contribution in [0.2, 0.25) is 0 Å². The fraction of sp³-hybridized carbons (Fsp3) is 0.533. The minimum atomic E-state index is -4.25. The third-order valence-electron chi connectivity index (χ3n) is 2.70. The second-order valence-electron chi connectivity index (χ2n) is 5.15. The molecule has 1 rings (SSSR count). The molecule has 120 valence electrons. The van der Waals surface area contributed by atoms with Gasteiger partial charge in [0.2, 0.25) is 0 Å². The average Bonchev–Trinajstić information content (AvgIpc) is 2.38. The number of carbonyl (C=O) groups is 1. The molecule has 0 radical (unpaired) electrons. The maximum atomic E-state index is 10.3. The molecule has 1 N–H and O–H groups in total. The zero-order chi connectivity index (χ0) is 16.3. The van der Waals surface area contributed by atoms with Crippen LogP contribution in [0.25, 0.3) is 0 Å². The van der Waals surface area contributed by atoms with Crippen LogP contribution < -0.4 is 29.6 Å². The van der Waals surface area contributed by atoms with Crippen molar-refractivity contribution in [1.29, 1.82) is 0 Å². The topological polar surface area (TPSA) is 94.5 Å². The molecule has 0 aliphatic heterocycles. The molecular weight excluding hydrogens is 315 g/mol. The molecule has 0 saturated carbocycles. The molecular formula is C15H23NaO5S. The summed E-state index contributed by atoms with van der Waals surface area (Å²) in [4.78, 5) is 9.91. The van der Waals surface area contributed by atoms with Crippen LogP contribution in [0, 0.1) is 5.92 Å². The number of carboxylic acids is 1. The third-order valence-corrected chi connectivity index (χ3v) is 3.55. The standard InChI is InChI=1S/C9H18O2.C6H6O3S.Na/c1-8(2)6-4-3-5-7-9(10)11;7-10(8,9)6-4-2-1-3-5-6;/h8H,3-7H2,1-2H3,(H,10,11);1-5H,(H,7,8,9);/q;;+1/p-1. The van der Waals surface area contributed by atoms with E-state index in [9.17, 15) is 17.8 Å². The van der Waals surface area contributed by atoms with Crippen molar-refractivity contribution in [2.45, 2.75) is 50.8 Å². The van der Waals surface area contributed by atoms with Crippen LogP contribution in [0.15, 0.2) is 35.2 Å². The van der Waals surface area contributed by atoms with Crippen LogP contribution >= 0.6 is 0 Å². The summed E-state index contributed by atoms with van der Waals surface area (Å²) in [5, 5.41) is 8.32. The van der Waals surface area contributed by atoms with E-state index in [-0.39, 0.29) is 34.5 Å². The summed E-state index contributed by atoms with van der Waals surface area (Å²) in [5.41, 5.74) is 0. The van der Waals surface area contributed by atoms with E-state index in [1.54, 1.807) is 6.07 Å². The van der Waals surface area contributed by atoms with Crippen LogP contribution in [-0.4, -0.2) is 24.0 Å². The van der Waals surface area contributed by atoms with Crippen molar-refractivity contribution in [3.05, 3.63) is 30.3 Å². The van der Waals surface area contributed by atoms with Crippen LogP contribution in [0.5, 0.6) is 0 Å². The average molecular weight is 338 g/mol. The van der Waals surface area contributed by atoms with Gasteiger partial charge in [-0.2, -0.15) is 0 Å². The van der Waals surface area contributed by atoms with E-state index in [0.717, 1.165) is 18.8 Å². The Morgan fingerprint density at radius 3 is 2.05 bits per heavy atom. The van der Waals surface area contributed by atoms with E-state index in [1.165, 1.54) is 37.1 Å². The minimum absolute atomic E-state index is 0. The van der Waals surface area contributed by atoms with Gasteiger partial charge in [-0.05, 0) is 24.5 Å². The van der Waals surface area contributed by atoms with E-state index in [4.69, 9.17) is 5.11 Å². The molecule has 0 aliphatic rings. The summed E-state index contributed by atoms with van der Waals surface area (Å²) < 4.78 is 30.8. The number of benzene rings is 1. The van der Waals surface area contributed by atoms with Crippen LogP contribution in [0.1, 0.15) is 46.0 Å². The van der Waals surface area contributed by atoms with Crippen molar-refractivity contribution in [3.63, 3.8) is 0 Å². The summed E-state index contributed by atoms with van der Waals surface area (Å²) in [5.74, 6) is 0.0781. The fourth-order valence-corrected chi connectivity index (χ4v) is 2.08. The zero-order valence-corrected chi connectivity index (χ0v) is 16.3. The smallest absolute Gasteiger partial charge is 0.744 e. The Morgan fingerprint density at radius 1 is 1.14 bits per heavy atom. The predicted octanol–water partition coefficient (Wildman–Crippen LogP) is 0.272. The maximum Gasteiger partial charge on any atom is 1.00 e. The predicted molar refractivity (Wildman–Crippen MR) is 80.0 cm³/mol. The molecule has 1 aromatic carbocycles. The SMILES string of the molecule is CC(C)CCCCCC(=O)O.O=S(=O)([O-])c1ccccc1.[Na+]. The monoisotopic (exact) mass is 338 g/mol. The Labute approximate surface area is 155 Å². The molecule has 0 atom stereocenters. The normalized spacial score (nSPS) is 10.4. The molecule has 5 nitrogen and oxygen atoms in total. The van der Waals surface area contributed by atoms with Gasteiger partial charge in [-0.15, -0.1) is 0 Å². The molecule has 7 heteroatoms. The van der Waals surface area contributed by atoms with Gasteiger partial charge in [0.25, 0.3) is 0 Å². The van der Waals surface area contributed by atoms with Crippen LogP contribution in [0.4, 0.5) is 0 Å². The molecule has 0 amide bonds. The van der Waals surface area contributed by atoms with Crippen molar-refractivity contribution >= 4 is 16.1 Å². The van der Waals surface area contributed by atoms with Gasteiger partial charge in [-0.1, -0.05) is 51.3 Å². The zero-order valence-electron chi connectivity index (χ0n) is 13.5. The minimum Gasteiger partial charge on any atom is -0.744 e. The van der Waals surface area contributed by atoms with E-state index < -0.39 is 16.1 Å². The number of rotatable bonds is 7. The van der Waals surface area contributed by atoms with Gasteiger partial charge in [-0.25, -0.2) is 8.42 Å².